The van der Waals surface area contributed by atoms with Crippen LogP contribution in [0.1, 0.15) is 29.9 Å². The predicted octanol–water partition coefficient (Wildman–Crippen LogP) is 2.93. The number of alkyl halides is 3. The van der Waals surface area contributed by atoms with Crippen LogP contribution in [0.25, 0.3) is 0 Å². The lowest BCUT2D eigenvalue weighted by molar-refractivity contribution is -0.274. The fourth-order valence-electron chi connectivity index (χ4n) is 4.15. The first-order valence-corrected chi connectivity index (χ1v) is 10.7. The Bertz CT molecular complexity index is 1140. The van der Waals surface area contributed by atoms with Gasteiger partial charge in [0.2, 0.25) is 17.7 Å². The molecule has 0 aliphatic carbocycles. The zero-order valence-corrected chi connectivity index (χ0v) is 18.1. The number of amides is 3. The van der Waals surface area contributed by atoms with Crippen LogP contribution in [-0.4, -0.2) is 43.2 Å². The van der Waals surface area contributed by atoms with E-state index >= 15 is 0 Å². The molecule has 0 saturated carbocycles. The minimum atomic E-state index is -4.84. The quantitative estimate of drug-likeness (QED) is 0.474. The highest BCUT2D eigenvalue weighted by Gasteiger charge is 2.35. The van der Waals surface area contributed by atoms with Gasteiger partial charge in [0.25, 0.3) is 0 Å². The molecular formula is C23H20F5N3O4. The molecule has 3 amide bonds. The molecule has 0 radical (unpaired) electrons. The summed E-state index contributed by atoms with van der Waals surface area (Å²) >= 11 is 0. The molecule has 2 saturated heterocycles. The molecule has 35 heavy (non-hydrogen) atoms. The van der Waals surface area contributed by atoms with Crippen LogP contribution in [0.2, 0.25) is 0 Å². The smallest absolute Gasteiger partial charge is 0.406 e. The maximum atomic E-state index is 14.7. The van der Waals surface area contributed by atoms with E-state index in [0.29, 0.717) is 5.56 Å². The number of nitrogens with one attached hydrogen (secondary N) is 2. The zero-order valence-electron chi connectivity index (χ0n) is 18.1. The largest absolute Gasteiger partial charge is 0.573 e. The first kappa shape index (κ1) is 24.4. The number of ether oxygens (including phenoxy) is 1. The Hall–Kier alpha value is -3.70. The maximum Gasteiger partial charge on any atom is 0.573 e. The topological polar surface area (TPSA) is 87.7 Å². The van der Waals surface area contributed by atoms with Gasteiger partial charge in [-0.1, -0.05) is 12.1 Å². The molecule has 12 heteroatoms. The van der Waals surface area contributed by atoms with Gasteiger partial charge in [0, 0.05) is 30.8 Å². The second-order valence-electron chi connectivity index (χ2n) is 8.37. The van der Waals surface area contributed by atoms with Crippen LogP contribution < -0.4 is 20.3 Å². The summed E-state index contributed by atoms with van der Waals surface area (Å²) in [5.74, 6) is -4.98. The second kappa shape index (κ2) is 9.51. The van der Waals surface area contributed by atoms with Crippen molar-refractivity contribution in [2.75, 3.05) is 18.0 Å². The number of hydrogen-bond donors (Lipinski definition) is 2. The van der Waals surface area contributed by atoms with Gasteiger partial charge in [0.05, 0.1) is 18.4 Å². The van der Waals surface area contributed by atoms with E-state index in [2.05, 4.69) is 15.4 Å². The number of rotatable bonds is 6. The standard InChI is InChI=1S/C23H20F5N3O4/c24-17-8-14(9-18(25)21(17)16-4-5-19(32)30-22(16)34)31-10-13(11-31)29-20(33)7-12-2-1-3-15(6-12)35-23(26,27)28/h1-3,6,8-9,13,16H,4-5,7,10-11H2,(H,29,33)(H,30,32,34). The van der Waals surface area contributed by atoms with Crippen molar-refractivity contribution in [2.24, 2.45) is 0 Å². The van der Waals surface area contributed by atoms with Crippen LogP contribution in [0.4, 0.5) is 27.6 Å². The molecule has 1 unspecified atom stereocenters. The number of hydrogen-bond acceptors (Lipinski definition) is 5. The third kappa shape index (κ3) is 5.87. The van der Waals surface area contributed by atoms with Crippen LogP contribution in [0.3, 0.4) is 0 Å². The molecule has 0 spiro atoms. The van der Waals surface area contributed by atoms with Crippen LogP contribution >= 0.6 is 0 Å². The number of halogens is 5. The molecule has 186 valence electrons. The van der Waals surface area contributed by atoms with Gasteiger partial charge in [-0.2, -0.15) is 0 Å². The summed E-state index contributed by atoms with van der Waals surface area (Å²) in [5, 5.41) is 4.80. The van der Waals surface area contributed by atoms with Crippen molar-refractivity contribution in [2.45, 2.75) is 37.6 Å². The number of carbonyl (C=O) groups is 3. The van der Waals surface area contributed by atoms with E-state index < -0.39 is 47.4 Å². The normalized spacial score (nSPS) is 18.7. The molecule has 2 aliphatic rings. The van der Waals surface area contributed by atoms with Crippen molar-refractivity contribution in [3.05, 3.63) is 59.2 Å². The summed E-state index contributed by atoms with van der Waals surface area (Å²) < 4.78 is 70.3. The van der Waals surface area contributed by atoms with E-state index in [0.717, 1.165) is 24.3 Å². The summed E-state index contributed by atoms with van der Waals surface area (Å²) in [6.07, 6.45) is -5.00. The Morgan fingerprint density at radius 3 is 2.43 bits per heavy atom. The summed E-state index contributed by atoms with van der Waals surface area (Å²) in [7, 11) is 0. The number of benzene rings is 2. The molecular weight excluding hydrogens is 477 g/mol. The van der Waals surface area contributed by atoms with Gasteiger partial charge in [-0.15, -0.1) is 13.2 Å². The maximum absolute atomic E-state index is 14.7. The van der Waals surface area contributed by atoms with Crippen LogP contribution in [-0.2, 0) is 20.8 Å². The number of nitrogens with zero attached hydrogens (tertiary/aromatic N) is 1. The van der Waals surface area contributed by atoms with Crippen LogP contribution in [0.5, 0.6) is 5.75 Å². The van der Waals surface area contributed by atoms with E-state index in [1.165, 1.54) is 12.1 Å². The lowest BCUT2D eigenvalue weighted by Gasteiger charge is -2.41. The molecule has 2 N–H and O–H groups in total. The average Bonchev–Trinajstić information content (AvgIpc) is 2.70. The third-order valence-corrected chi connectivity index (χ3v) is 5.76. The Kier molecular flexibility index (Phi) is 6.64. The van der Waals surface area contributed by atoms with Gasteiger partial charge in [0.1, 0.15) is 17.4 Å². The number of anilines is 1. The second-order valence-corrected chi connectivity index (χ2v) is 8.37. The Balaban J connectivity index is 1.32. The van der Waals surface area contributed by atoms with Crippen molar-refractivity contribution in [3.8, 4) is 5.75 Å². The average molecular weight is 497 g/mol. The fourth-order valence-corrected chi connectivity index (χ4v) is 4.15. The highest BCUT2D eigenvalue weighted by atomic mass is 19.4. The van der Waals surface area contributed by atoms with Gasteiger partial charge < -0.3 is 15.0 Å². The fraction of sp³-hybridized carbons (Fsp3) is 0.348. The van der Waals surface area contributed by atoms with E-state index in [-0.39, 0.29) is 49.6 Å². The molecule has 7 nitrogen and oxygen atoms in total. The van der Waals surface area contributed by atoms with Gasteiger partial charge in [-0.05, 0) is 36.2 Å². The first-order valence-electron chi connectivity index (χ1n) is 10.7. The molecule has 1 atom stereocenters. The monoisotopic (exact) mass is 497 g/mol. The Morgan fingerprint density at radius 1 is 1.11 bits per heavy atom. The minimum Gasteiger partial charge on any atom is -0.406 e. The summed E-state index contributed by atoms with van der Waals surface area (Å²) in [4.78, 5) is 37.2. The molecule has 0 bridgehead atoms. The van der Waals surface area contributed by atoms with Crippen molar-refractivity contribution in [1.29, 1.82) is 0 Å². The number of carbonyl (C=O) groups excluding carboxylic acids is 3. The van der Waals surface area contributed by atoms with E-state index in [9.17, 15) is 36.3 Å². The molecule has 2 aromatic carbocycles. The van der Waals surface area contributed by atoms with Gasteiger partial charge in [-0.3, -0.25) is 19.7 Å². The van der Waals surface area contributed by atoms with Crippen molar-refractivity contribution >= 4 is 23.4 Å². The van der Waals surface area contributed by atoms with E-state index in [1.807, 2.05) is 0 Å². The van der Waals surface area contributed by atoms with Gasteiger partial charge >= 0.3 is 6.36 Å². The summed E-state index contributed by atoms with van der Waals surface area (Å²) in [5.41, 5.74) is 0.174. The lowest BCUT2D eigenvalue weighted by Crippen LogP contribution is -2.59. The zero-order chi connectivity index (χ0) is 25.3. The van der Waals surface area contributed by atoms with Gasteiger partial charge in [0.15, 0.2) is 0 Å². The lowest BCUT2D eigenvalue weighted by atomic mass is 9.89. The van der Waals surface area contributed by atoms with Crippen molar-refractivity contribution < 1.29 is 41.1 Å². The van der Waals surface area contributed by atoms with E-state index in [4.69, 9.17) is 0 Å². The van der Waals surface area contributed by atoms with E-state index in [1.54, 1.807) is 4.90 Å². The van der Waals surface area contributed by atoms with Crippen molar-refractivity contribution in [3.63, 3.8) is 0 Å². The minimum absolute atomic E-state index is 0.00973. The predicted molar refractivity (Wildman–Crippen MR) is 112 cm³/mol. The first-order chi connectivity index (χ1) is 16.5. The van der Waals surface area contributed by atoms with Crippen LogP contribution in [0, 0.1) is 11.6 Å². The highest BCUT2D eigenvalue weighted by Crippen LogP contribution is 2.33. The Morgan fingerprint density at radius 2 is 1.80 bits per heavy atom. The SMILES string of the molecule is O=C1CCC(c2c(F)cc(N3CC(NC(=O)Cc4cccc(OC(F)(F)F)c4)C3)cc2F)C(=O)N1. The Labute approximate surface area is 196 Å². The number of imide groups is 1. The molecule has 2 heterocycles. The molecule has 0 aromatic heterocycles. The van der Waals surface area contributed by atoms with Crippen LogP contribution in [0.15, 0.2) is 36.4 Å². The molecule has 2 aliphatic heterocycles. The van der Waals surface area contributed by atoms with Crippen molar-refractivity contribution in [1.82, 2.24) is 10.6 Å². The summed E-state index contributed by atoms with van der Waals surface area (Å²) in [6, 6.07) is 6.97. The summed E-state index contributed by atoms with van der Waals surface area (Å²) in [6.45, 7) is 0.527. The molecule has 4 rings (SSSR count). The third-order valence-electron chi connectivity index (χ3n) is 5.76. The highest BCUT2D eigenvalue weighted by molar-refractivity contribution is 6.01. The molecule has 2 fully saturated rings. The van der Waals surface area contributed by atoms with Gasteiger partial charge in [-0.25, -0.2) is 8.78 Å². The number of piperidine rings is 1. The molecule has 2 aromatic rings.